The van der Waals surface area contributed by atoms with Gasteiger partial charge in [0.1, 0.15) is 0 Å². The summed E-state index contributed by atoms with van der Waals surface area (Å²) in [6, 6.07) is 24.9. The number of rotatable bonds is 7. The summed E-state index contributed by atoms with van der Waals surface area (Å²) in [7, 11) is 2.20. The Balaban J connectivity index is 1.77. The minimum Gasteiger partial charge on any atom is -0.288 e. The maximum absolute atomic E-state index is 2.47. The molecule has 0 saturated carbocycles. The first-order valence-corrected chi connectivity index (χ1v) is 11.6. The molecule has 0 aliphatic heterocycles. The van der Waals surface area contributed by atoms with Crippen LogP contribution in [0.3, 0.4) is 0 Å². The van der Waals surface area contributed by atoms with Gasteiger partial charge < -0.3 is 0 Å². The highest BCUT2D eigenvalue weighted by molar-refractivity contribution is 5.83. The van der Waals surface area contributed by atoms with Crippen LogP contribution in [0.15, 0.2) is 90.7 Å². The molecular weight excluding hydrogens is 376 g/mol. The van der Waals surface area contributed by atoms with E-state index in [1.54, 1.807) is 0 Å². The smallest absolute Gasteiger partial charge is 0.0753 e. The standard InChI is InChI=1S/C29H34N2/c1-5-23-13-19-28(20-14-23)31(30(4)27-17-11-22(3)12-18-27)29(6-2)26-16-15-24-9-7-8-10-25(24)21-26/h7-11,13-22,29H,5-6,12H2,1-4H3. The zero-order valence-electron chi connectivity index (χ0n) is 19.3. The lowest BCUT2D eigenvalue weighted by atomic mass is 9.98. The SMILES string of the molecule is CCc1ccc(N(C(CC)c2ccc3ccccc3c2)N(C)C2=CCC(C)C=C2)cc1. The van der Waals surface area contributed by atoms with Gasteiger partial charge in [0.15, 0.2) is 0 Å². The van der Waals surface area contributed by atoms with Gasteiger partial charge >= 0.3 is 0 Å². The predicted octanol–water partition coefficient (Wildman–Crippen LogP) is 7.69. The first-order valence-electron chi connectivity index (χ1n) is 11.6. The van der Waals surface area contributed by atoms with Crippen molar-refractivity contribution in [3.63, 3.8) is 0 Å². The van der Waals surface area contributed by atoms with E-state index in [0.717, 1.165) is 19.3 Å². The molecule has 2 nitrogen and oxygen atoms in total. The van der Waals surface area contributed by atoms with Crippen molar-refractivity contribution in [1.29, 1.82) is 0 Å². The monoisotopic (exact) mass is 410 g/mol. The van der Waals surface area contributed by atoms with E-state index < -0.39 is 0 Å². The van der Waals surface area contributed by atoms with Crippen molar-refractivity contribution in [3.05, 3.63) is 102 Å². The molecule has 0 bridgehead atoms. The molecule has 0 heterocycles. The second-order valence-electron chi connectivity index (χ2n) is 8.62. The fraction of sp³-hybridized carbons (Fsp3) is 0.310. The summed E-state index contributed by atoms with van der Waals surface area (Å²) in [6.45, 7) is 6.77. The van der Waals surface area contributed by atoms with E-state index >= 15 is 0 Å². The third kappa shape index (κ3) is 4.54. The van der Waals surface area contributed by atoms with Gasteiger partial charge in [-0.15, -0.1) is 0 Å². The fourth-order valence-corrected chi connectivity index (χ4v) is 4.49. The van der Waals surface area contributed by atoms with E-state index in [1.807, 2.05) is 0 Å². The molecule has 0 amide bonds. The molecule has 0 N–H and O–H groups in total. The minimum atomic E-state index is 0.246. The Labute approximate surface area is 187 Å². The van der Waals surface area contributed by atoms with E-state index in [0.29, 0.717) is 5.92 Å². The molecule has 2 unspecified atom stereocenters. The van der Waals surface area contributed by atoms with Crippen molar-refractivity contribution in [2.45, 2.75) is 46.1 Å². The third-order valence-corrected chi connectivity index (χ3v) is 6.44. The highest BCUT2D eigenvalue weighted by Gasteiger charge is 2.25. The number of anilines is 1. The van der Waals surface area contributed by atoms with Gasteiger partial charge in [-0.2, -0.15) is 0 Å². The van der Waals surface area contributed by atoms with Crippen molar-refractivity contribution in [2.24, 2.45) is 5.92 Å². The molecule has 3 aromatic carbocycles. The predicted molar refractivity (Wildman–Crippen MR) is 134 cm³/mol. The summed E-state index contributed by atoms with van der Waals surface area (Å²) < 4.78 is 0. The number of fused-ring (bicyclic) bond motifs is 1. The Morgan fingerprint density at radius 2 is 1.68 bits per heavy atom. The first-order chi connectivity index (χ1) is 15.1. The number of hydrogen-bond donors (Lipinski definition) is 0. The fourth-order valence-electron chi connectivity index (χ4n) is 4.49. The quantitative estimate of drug-likeness (QED) is 0.368. The summed E-state index contributed by atoms with van der Waals surface area (Å²) in [6.07, 6.45) is 10.1. The lowest BCUT2D eigenvalue weighted by molar-refractivity contribution is 0.334. The Morgan fingerprint density at radius 1 is 0.935 bits per heavy atom. The Bertz CT molecular complexity index is 1080. The average Bonchev–Trinajstić information content (AvgIpc) is 2.82. The molecule has 160 valence electrons. The van der Waals surface area contributed by atoms with Gasteiger partial charge in [-0.05, 0) is 71.4 Å². The molecule has 1 aliphatic rings. The average molecular weight is 411 g/mol. The number of hydrogen-bond acceptors (Lipinski definition) is 2. The van der Waals surface area contributed by atoms with Gasteiger partial charge in [0, 0.05) is 7.05 Å². The number of nitrogens with zero attached hydrogens (tertiary/aromatic N) is 2. The molecule has 0 saturated heterocycles. The number of likely N-dealkylation sites (N-methyl/N-ethyl adjacent to an activating group) is 1. The van der Waals surface area contributed by atoms with Crippen LogP contribution < -0.4 is 5.01 Å². The zero-order chi connectivity index (χ0) is 21.8. The zero-order valence-corrected chi connectivity index (χ0v) is 19.3. The van der Waals surface area contributed by atoms with Gasteiger partial charge in [0.05, 0.1) is 17.4 Å². The van der Waals surface area contributed by atoms with Crippen molar-refractivity contribution in [1.82, 2.24) is 5.01 Å². The maximum atomic E-state index is 2.47. The highest BCUT2D eigenvalue weighted by Crippen LogP contribution is 2.35. The van der Waals surface area contributed by atoms with Crippen molar-refractivity contribution < 1.29 is 0 Å². The summed E-state index contributed by atoms with van der Waals surface area (Å²) in [5, 5.41) is 7.40. The van der Waals surface area contributed by atoms with Gasteiger partial charge in [-0.25, -0.2) is 0 Å². The van der Waals surface area contributed by atoms with E-state index in [1.165, 1.54) is 33.3 Å². The molecule has 0 aromatic heterocycles. The number of benzene rings is 3. The van der Waals surface area contributed by atoms with E-state index in [4.69, 9.17) is 0 Å². The molecule has 31 heavy (non-hydrogen) atoms. The molecule has 2 atom stereocenters. The van der Waals surface area contributed by atoms with Crippen LogP contribution in [0.1, 0.15) is 50.8 Å². The summed E-state index contributed by atoms with van der Waals surface area (Å²) in [5.41, 5.74) is 5.21. The summed E-state index contributed by atoms with van der Waals surface area (Å²) in [5.74, 6) is 0.608. The van der Waals surface area contributed by atoms with Crippen LogP contribution in [0.25, 0.3) is 10.8 Å². The van der Waals surface area contributed by atoms with Gasteiger partial charge in [-0.1, -0.05) is 81.5 Å². The Kier molecular flexibility index (Phi) is 6.46. The normalized spacial score (nSPS) is 16.8. The molecule has 0 radical (unpaired) electrons. The van der Waals surface area contributed by atoms with Gasteiger partial charge in [0.2, 0.25) is 0 Å². The molecule has 4 rings (SSSR count). The van der Waals surface area contributed by atoms with Crippen LogP contribution >= 0.6 is 0 Å². The van der Waals surface area contributed by atoms with E-state index in [9.17, 15) is 0 Å². The first kappa shape index (κ1) is 21.2. The van der Waals surface area contributed by atoms with Crippen molar-refractivity contribution in [2.75, 3.05) is 12.1 Å². The summed E-state index contributed by atoms with van der Waals surface area (Å²) >= 11 is 0. The van der Waals surface area contributed by atoms with Crippen LogP contribution in [0, 0.1) is 5.92 Å². The van der Waals surface area contributed by atoms with Crippen LogP contribution in [0.4, 0.5) is 5.69 Å². The van der Waals surface area contributed by atoms with Crippen LogP contribution in [-0.2, 0) is 6.42 Å². The second kappa shape index (κ2) is 9.43. The van der Waals surface area contributed by atoms with Gasteiger partial charge in [0.25, 0.3) is 0 Å². The lowest BCUT2D eigenvalue weighted by Crippen LogP contribution is -2.42. The number of allylic oxidation sites excluding steroid dienone is 3. The largest absolute Gasteiger partial charge is 0.288 e. The Morgan fingerprint density at radius 3 is 2.32 bits per heavy atom. The topological polar surface area (TPSA) is 6.48 Å². The van der Waals surface area contributed by atoms with E-state index in [2.05, 4.69) is 123 Å². The molecule has 2 heteroatoms. The maximum Gasteiger partial charge on any atom is 0.0753 e. The van der Waals surface area contributed by atoms with E-state index in [-0.39, 0.29) is 6.04 Å². The molecule has 0 fully saturated rings. The number of hydrazine groups is 1. The summed E-state index contributed by atoms with van der Waals surface area (Å²) in [4.78, 5) is 0. The lowest BCUT2D eigenvalue weighted by Gasteiger charge is -2.42. The molecule has 3 aromatic rings. The highest BCUT2D eigenvalue weighted by atomic mass is 15.6. The second-order valence-corrected chi connectivity index (χ2v) is 8.62. The minimum absolute atomic E-state index is 0.246. The van der Waals surface area contributed by atoms with Crippen LogP contribution in [-0.4, -0.2) is 12.1 Å². The van der Waals surface area contributed by atoms with Crippen LogP contribution in [0.2, 0.25) is 0 Å². The van der Waals surface area contributed by atoms with Crippen molar-refractivity contribution >= 4 is 16.5 Å². The Hall–Kier alpha value is -3.00. The molecule has 0 spiro atoms. The van der Waals surface area contributed by atoms with Gasteiger partial charge in [-0.3, -0.25) is 10.0 Å². The number of aryl methyl sites for hydroxylation is 1. The molecule has 1 aliphatic carbocycles. The van der Waals surface area contributed by atoms with Crippen molar-refractivity contribution in [3.8, 4) is 0 Å². The molecular formula is C29H34N2. The van der Waals surface area contributed by atoms with Crippen LogP contribution in [0.5, 0.6) is 0 Å². The third-order valence-electron chi connectivity index (χ3n) is 6.44.